The van der Waals surface area contributed by atoms with Gasteiger partial charge in [0.25, 0.3) is 0 Å². The maximum atomic E-state index is 14.4. The molecule has 0 bridgehead atoms. The van der Waals surface area contributed by atoms with Gasteiger partial charge in [0.2, 0.25) is 11.8 Å². The minimum atomic E-state index is -0.757. The normalized spacial score (nSPS) is 21.0. The Kier molecular flexibility index (Phi) is 12.1. The van der Waals surface area contributed by atoms with Crippen molar-refractivity contribution in [3.05, 3.63) is 88.6 Å². The van der Waals surface area contributed by atoms with Crippen molar-refractivity contribution in [3.63, 3.8) is 0 Å². The summed E-state index contributed by atoms with van der Waals surface area (Å²) in [5.74, 6) is 0.443. The first kappa shape index (κ1) is 42.5. The van der Waals surface area contributed by atoms with E-state index in [2.05, 4.69) is 57.0 Å². The van der Waals surface area contributed by atoms with Crippen LogP contribution in [0.3, 0.4) is 0 Å². The number of benzene rings is 3. The first-order valence-corrected chi connectivity index (χ1v) is 21.9. The second kappa shape index (κ2) is 17.7. The fourth-order valence-electron chi connectivity index (χ4n) is 9.99. The van der Waals surface area contributed by atoms with Crippen LogP contribution in [0, 0.1) is 17.8 Å². The minimum Gasteiger partial charge on any atom is -0.453 e. The van der Waals surface area contributed by atoms with E-state index in [-0.39, 0.29) is 47.2 Å². The topological polar surface area (TPSA) is 179 Å². The molecule has 1 saturated carbocycles. The van der Waals surface area contributed by atoms with Crippen molar-refractivity contribution in [1.82, 2.24) is 35.4 Å². The Bertz CT molecular complexity index is 2560. The summed E-state index contributed by atoms with van der Waals surface area (Å²) in [6.45, 7) is 8.20. The number of imidazole rings is 1. The Hall–Kier alpha value is -6.18. The lowest BCUT2D eigenvalue weighted by atomic mass is 9.84. The number of aromatic nitrogens is 3. The molecule has 6 atom stereocenters. The third kappa shape index (κ3) is 8.26. The molecule has 8 rings (SSSR count). The maximum absolute atomic E-state index is 14.4. The van der Waals surface area contributed by atoms with Crippen molar-refractivity contribution in [3.8, 4) is 22.4 Å². The van der Waals surface area contributed by atoms with Gasteiger partial charge in [-0.3, -0.25) is 14.4 Å². The summed E-state index contributed by atoms with van der Waals surface area (Å²) in [6.07, 6.45) is 6.94. The number of fused-ring (bicyclic) bond motifs is 3. The summed E-state index contributed by atoms with van der Waals surface area (Å²) in [5.41, 5.74) is 5.04. The van der Waals surface area contributed by atoms with Gasteiger partial charge >= 0.3 is 12.2 Å². The highest BCUT2D eigenvalue weighted by Gasteiger charge is 2.48. The molecule has 326 valence electrons. The Morgan fingerprint density at radius 3 is 2.05 bits per heavy atom. The number of ether oxygens (including phenoxy) is 2. The van der Waals surface area contributed by atoms with E-state index < -0.39 is 24.3 Å². The number of nitrogens with one attached hydrogen (secondary N) is 4. The zero-order chi connectivity index (χ0) is 43.8. The van der Waals surface area contributed by atoms with Crippen LogP contribution in [0.25, 0.3) is 44.1 Å². The number of H-pyrrole nitrogens is 2. The second-order valence-electron chi connectivity index (χ2n) is 17.8. The third-order valence-corrected chi connectivity index (χ3v) is 13.3. The highest BCUT2D eigenvalue weighted by molar-refractivity contribution is 5.92. The van der Waals surface area contributed by atoms with Crippen molar-refractivity contribution in [1.29, 1.82) is 0 Å². The van der Waals surface area contributed by atoms with Gasteiger partial charge in [-0.25, -0.2) is 14.6 Å². The van der Waals surface area contributed by atoms with Gasteiger partial charge in [0.1, 0.15) is 17.9 Å². The molecule has 14 heteroatoms. The molecule has 2 saturated heterocycles. The Labute approximate surface area is 361 Å². The number of hydrogen-bond donors (Lipinski definition) is 4. The van der Waals surface area contributed by atoms with Crippen molar-refractivity contribution in [2.75, 3.05) is 20.8 Å². The van der Waals surface area contributed by atoms with Crippen molar-refractivity contribution < 1.29 is 28.7 Å². The number of aromatic amines is 2. The van der Waals surface area contributed by atoms with Crippen LogP contribution in [-0.4, -0.2) is 87.6 Å². The smallest absolute Gasteiger partial charge is 0.407 e. The number of methoxy groups -OCH3 is 2. The number of amides is 4. The van der Waals surface area contributed by atoms with Gasteiger partial charge in [-0.2, -0.15) is 0 Å². The molecule has 3 aliphatic rings. The lowest BCUT2D eigenvalue weighted by Gasteiger charge is -2.37. The first-order chi connectivity index (χ1) is 29.8. The summed E-state index contributed by atoms with van der Waals surface area (Å²) in [7, 11) is 2.58. The lowest BCUT2D eigenvalue weighted by molar-refractivity contribution is -0.138. The van der Waals surface area contributed by atoms with E-state index in [1.54, 1.807) is 17.2 Å². The maximum Gasteiger partial charge on any atom is 0.407 e. The number of hydrogen-bond acceptors (Lipinski definition) is 8. The van der Waals surface area contributed by atoms with Crippen LogP contribution in [0.15, 0.2) is 71.7 Å². The predicted molar refractivity (Wildman–Crippen MR) is 237 cm³/mol. The summed E-state index contributed by atoms with van der Waals surface area (Å²) in [6, 6.07) is 18.1. The van der Waals surface area contributed by atoms with Crippen LogP contribution in [-0.2, 0) is 19.1 Å². The number of pyridine rings is 1. The molecule has 2 aliphatic heterocycles. The van der Waals surface area contributed by atoms with Crippen molar-refractivity contribution in [2.24, 2.45) is 17.8 Å². The number of rotatable bonds is 10. The van der Waals surface area contributed by atoms with Crippen molar-refractivity contribution >= 4 is 45.7 Å². The largest absolute Gasteiger partial charge is 0.453 e. The molecule has 4 heterocycles. The molecule has 14 nitrogen and oxygen atoms in total. The van der Waals surface area contributed by atoms with Crippen LogP contribution in [0.5, 0.6) is 0 Å². The molecule has 4 N–H and O–H groups in total. The monoisotopic (exact) mass is 843 g/mol. The summed E-state index contributed by atoms with van der Waals surface area (Å²) >= 11 is 0. The molecule has 62 heavy (non-hydrogen) atoms. The quantitative estimate of drug-likeness (QED) is 0.109. The molecule has 5 aromatic rings. The van der Waals surface area contributed by atoms with Crippen molar-refractivity contribution in [2.45, 2.75) is 103 Å². The molecule has 3 aromatic carbocycles. The van der Waals surface area contributed by atoms with Gasteiger partial charge in [-0.05, 0) is 96.0 Å². The van der Waals surface area contributed by atoms with E-state index in [4.69, 9.17) is 14.5 Å². The van der Waals surface area contributed by atoms with E-state index in [1.165, 1.54) is 14.2 Å². The predicted octanol–water partition coefficient (Wildman–Crippen LogP) is 8.00. The van der Waals surface area contributed by atoms with Crippen LogP contribution in [0.2, 0.25) is 0 Å². The highest BCUT2D eigenvalue weighted by Crippen LogP contribution is 2.46. The van der Waals surface area contributed by atoms with Gasteiger partial charge in [0.15, 0.2) is 5.43 Å². The van der Waals surface area contributed by atoms with Crippen LogP contribution in [0.4, 0.5) is 9.59 Å². The van der Waals surface area contributed by atoms with E-state index in [0.717, 1.165) is 78.1 Å². The average molecular weight is 844 g/mol. The van der Waals surface area contributed by atoms with Crippen LogP contribution in [0.1, 0.15) is 96.2 Å². The average Bonchev–Trinajstić information content (AvgIpc) is 4.05. The standard InChI is InChI=1S/C48H57N7O7/c1-26(2)42(52-47(59)61-5)45(57)54-19-9-12-39(54)44-49-25-37(51-44)32-16-15-28-20-29(13-14-30(28)21-32)31-17-18-34-35(22-31)50-36(24-41(34)56)40-23-33-10-7-8-11-38(33)55(40)46(58)43(27(3)4)53-48(60)62-6/h13-18,20-22,24-27,33,38-40,42-43H,7-12,19,23H2,1-6H3,(H,49,51)(H,50,56)(H,52,59)(H,53,60)/t33-,38-,39-,40?,42-,43+/m0/s1. The lowest BCUT2D eigenvalue weighted by Crippen LogP contribution is -2.53. The minimum absolute atomic E-state index is 0.0371. The van der Waals surface area contributed by atoms with Gasteiger partial charge in [-0.1, -0.05) is 70.9 Å². The Balaban J connectivity index is 1.04. The Morgan fingerprint density at radius 1 is 0.726 bits per heavy atom. The second-order valence-corrected chi connectivity index (χ2v) is 17.8. The fraction of sp³-hybridized carbons (Fsp3) is 0.458. The third-order valence-electron chi connectivity index (χ3n) is 13.3. The van der Waals surface area contributed by atoms with Crippen LogP contribution >= 0.6 is 0 Å². The number of alkyl carbamates (subject to hydrolysis) is 2. The molecule has 2 aromatic heterocycles. The van der Waals surface area contributed by atoms with E-state index in [0.29, 0.717) is 34.9 Å². The summed E-state index contributed by atoms with van der Waals surface area (Å²) < 4.78 is 9.65. The number of nitrogens with zero attached hydrogens (tertiary/aromatic N) is 3. The molecule has 0 radical (unpaired) electrons. The molecule has 4 amide bonds. The molecule has 1 unspecified atom stereocenters. The molecule has 0 spiro atoms. The SMILES string of the molecule is COC(=O)N[C@H](C(=O)N1CCC[C@H]1c1ncc(-c2ccc3cc(-c4ccc5c(=O)cc(C6C[C@@H]7CCCC[C@@H]7N6C(=O)[C@H](NC(=O)OC)C(C)C)[nH]c5c4)ccc3c2)[nH]1)C(C)C. The van der Waals surface area contributed by atoms with Gasteiger partial charge < -0.3 is 39.9 Å². The van der Waals surface area contributed by atoms with E-state index in [9.17, 15) is 24.0 Å². The Morgan fingerprint density at radius 2 is 1.35 bits per heavy atom. The van der Waals surface area contributed by atoms with Gasteiger partial charge in [0.05, 0.1) is 43.7 Å². The zero-order valence-corrected chi connectivity index (χ0v) is 36.3. The summed E-state index contributed by atoms with van der Waals surface area (Å²) in [4.78, 5) is 81.6. The fourth-order valence-corrected chi connectivity index (χ4v) is 9.99. The summed E-state index contributed by atoms with van der Waals surface area (Å²) in [5, 5.41) is 8.14. The number of carbonyl (C=O) groups is 4. The van der Waals surface area contributed by atoms with E-state index >= 15 is 0 Å². The molecular formula is C48H57N7O7. The molecule has 1 aliphatic carbocycles. The molecular weight excluding hydrogens is 787 g/mol. The van der Waals surface area contributed by atoms with Crippen LogP contribution < -0.4 is 16.1 Å². The first-order valence-electron chi connectivity index (χ1n) is 21.9. The zero-order valence-electron chi connectivity index (χ0n) is 36.3. The van der Waals surface area contributed by atoms with Gasteiger partial charge in [0, 0.05) is 35.3 Å². The van der Waals surface area contributed by atoms with Gasteiger partial charge in [-0.15, -0.1) is 0 Å². The molecule has 3 fully saturated rings. The van der Waals surface area contributed by atoms with E-state index in [1.807, 2.05) is 50.8 Å². The number of carbonyl (C=O) groups excluding carboxylic acids is 4. The highest BCUT2D eigenvalue weighted by atomic mass is 16.5. The number of likely N-dealkylation sites (tertiary alicyclic amines) is 2.